The molecule has 7 atom stereocenters. The van der Waals surface area contributed by atoms with Gasteiger partial charge in [0.25, 0.3) is 0 Å². The normalized spacial score (nSPS) is 27.8. The van der Waals surface area contributed by atoms with E-state index in [-0.39, 0.29) is 30.7 Å². The van der Waals surface area contributed by atoms with Crippen LogP contribution in [0.1, 0.15) is 64.7 Å². The summed E-state index contributed by atoms with van der Waals surface area (Å²) in [5, 5.41) is 19.1. The summed E-state index contributed by atoms with van der Waals surface area (Å²) in [4.78, 5) is 10.5. The second kappa shape index (κ2) is 13.2. The number of aliphatic carboxylic acids is 1. The summed E-state index contributed by atoms with van der Waals surface area (Å²) >= 11 is 0. The smallest absolute Gasteiger partial charge is 0.303 e. The monoisotopic (exact) mass is 392 g/mol. The van der Waals surface area contributed by atoms with Crippen LogP contribution in [0.5, 0.6) is 0 Å². The Bertz CT molecular complexity index is 405. The van der Waals surface area contributed by atoms with Crippen molar-refractivity contribution in [2.24, 2.45) is 11.8 Å². The number of hydrogen-bond donors (Lipinski definition) is 2. The zero-order chi connectivity index (χ0) is 18.7. The van der Waals surface area contributed by atoms with Gasteiger partial charge in [-0.05, 0) is 50.4 Å². The van der Waals surface area contributed by atoms with E-state index in [9.17, 15) is 9.90 Å². The molecule has 0 aliphatic heterocycles. The van der Waals surface area contributed by atoms with Crippen LogP contribution >= 0.6 is 18.9 Å². The molecule has 1 aliphatic carbocycles. The third-order valence-corrected chi connectivity index (χ3v) is 5.87. The number of aliphatic hydroxyl groups is 1. The molecule has 0 aromatic rings. The summed E-state index contributed by atoms with van der Waals surface area (Å²) in [6.45, 7) is 2.16. The Morgan fingerprint density at radius 2 is 2.04 bits per heavy atom. The van der Waals surface area contributed by atoms with Crippen LogP contribution in [0.3, 0.4) is 0 Å². The topological polar surface area (TPSA) is 76.0 Å². The van der Waals surface area contributed by atoms with Crippen molar-refractivity contribution in [1.29, 1.82) is 0 Å². The summed E-state index contributed by atoms with van der Waals surface area (Å²) in [5.41, 5.74) is 0. The molecular formula is C18H34O5P2. The van der Waals surface area contributed by atoms with Crippen LogP contribution in [-0.2, 0) is 13.8 Å². The predicted octanol–water partition coefficient (Wildman–Crippen LogP) is 4.12. The van der Waals surface area contributed by atoms with Crippen molar-refractivity contribution in [1.82, 2.24) is 0 Å². The highest BCUT2D eigenvalue weighted by atomic mass is 31.0. The van der Waals surface area contributed by atoms with Crippen molar-refractivity contribution in [3.63, 3.8) is 0 Å². The first-order valence-corrected chi connectivity index (χ1v) is 10.2. The van der Waals surface area contributed by atoms with E-state index in [2.05, 4.69) is 31.9 Å². The van der Waals surface area contributed by atoms with Crippen LogP contribution in [0.25, 0.3) is 0 Å². The van der Waals surface area contributed by atoms with Gasteiger partial charge in [-0.1, -0.05) is 25.5 Å². The van der Waals surface area contributed by atoms with E-state index >= 15 is 0 Å². The molecule has 7 heteroatoms. The molecule has 0 spiro atoms. The van der Waals surface area contributed by atoms with E-state index in [0.717, 1.165) is 38.5 Å². The average molecular weight is 392 g/mol. The lowest BCUT2D eigenvalue weighted by Gasteiger charge is -2.25. The number of carboxylic acids is 1. The zero-order valence-corrected chi connectivity index (χ0v) is 17.5. The molecule has 1 saturated carbocycles. The largest absolute Gasteiger partial charge is 0.481 e. The molecule has 5 nitrogen and oxygen atoms in total. The van der Waals surface area contributed by atoms with Gasteiger partial charge in [0.2, 0.25) is 0 Å². The Hall–Kier alpha value is -0.0500. The van der Waals surface area contributed by atoms with Crippen molar-refractivity contribution in [2.45, 2.75) is 83.0 Å². The van der Waals surface area contributed by atoms with Crippen molar-refractivity contribution in [3.8, 4) is 0 Å². The summed E-state index contributed by atoms with van der Waals surface area (Å²) in [5.74, 6) is -0.248. The van der Waals surface area contributed by atoms with Crippen molar-refractivity contribution in [3.05, 3.63) is 12.2 Å². The number of hydrogen-bond acceptors (Lipinski definition) is 4. The lowest BCUT2D eigenvalue weighted by Crippen LogP contribution is -2.24. The van der Waals surface area contributed by atoms with Crippen molar-refractivity contribution >= 4 is 24.9 Å². The van der Waals surface area contributed by atoms with E-state index in [1.165, 1.54) is 0 Å². The van der Waals surface area contributed by atoms with E-state index in [0.29, 0.717) is 18.8 Å². The lowest BCUT2D eigenvalue weighted by atomic mass is 9.85. The standard InChI is InChI=1S/C18H34O5P2/c1-2-7-13(22-24)10-11-15-14(16(19)12-17(15)23-25)8-5-3-4-6-9-18(20)21/h3,5,13-17,19H,2,4,6-12,24-25H2,1H3,(H,20,21)/b5-3-/t13-,14+,15+,16-,17+/m0/s1. The van der Waals surface area contributed by atoms with E-state index in [1.807, 2.05) is 6.08 Å². The predicted molar refractivity (Wildman–Crippen MR) is 106 cm³/mol. The van der Waals surface area contributed by atoms with Crippen molar-refractivity contribution in [2.75, 3.05) is 0 Å². The number of allylic oxidation sites excluding steroid dienone is 2. The zero-order valence-electron chi connectivity index (χ0n) is 15.2. The maximum atomic E-state index is 10.5. The summed E-state index contributed by atoms with van der Waals surface area (Å²) in [6, 6.07) is 0. The van der Waals surface area contributed by atoms with E-state index in [4.69, 9.17) is 14.2 Å². The summed E-state index contributed by atoms with van der Waals surface area (Å²) < 4.78 is 11.0. The van der Waals surface area contributed by atoms with Gasteiger partial charge in [0.15, 0.2) is 0 Å². The fourth-order valence-corrected chi connectivity index (χ4v) is 4.35. The van der Waals surface area contributed by atoms with Gasteiger partial charge in [0.05, 0.1) is 18.3 Å². The van der Waals surface area contributed by atoms with Gasteiger partial charge in [-0.25, -0.2) is 0 Å². The van der Waals surface area contributed by atoms with Crippen molar-refractivity contribution < 1.29 is 24.1 Å². The Balaban J connectivity index is 2.52. The fraction of sp³-hybridized carbons (Fsp3) is 0.833. The second-order valence-corrected chi connectivity index (χ2v) is 7.47. The molecule has 1 fully saturated rings. The van der Waals surface area contributed by atoms with Gasteiger partial charge in [0.1, 0.15) is 0 Å². The first kappa shape index (κ1) is 23.0. The third-order valence-electron chi connectivity index (χ3n) is 5.13. The third kappa shape index (κ3) is 8.45. The highest BCUT2D eigenvalue weighted by Crippen LogP contribution is 2.41. The van der Waals surface area contributed by atoms with E-state index in [1.54, 1.807) is 0 Å². The molecule has 0 radical (unpaired) electrons. The Kier molecular flexibility index (Phi) is 12.1. The molecule has 25 heavy (non-hydrogen) atoms. The first-order chi connectivity index (χ1) is 12.0. The van der Waals surface area contributed by atoms with Gasteiger partial charge in [-0.3, -0.25) is 4.79 Å². The SMILES string of the molecule is CCC[C@@H](CC[C@@H]1[C@@H](C/C=C\CCCC(=O)O)[C@@H](O)C[C@H]1OP)OP. The van der Waals surface area contributed by atoms with Gasteiger partial charge >= 0.3 is 5.97 Å². The highest BCUT2D eigenvalue weighted by molar-refractivity contribution is 7.10. The average Bonchev–Trinajstić information content (AvgIpc) is 2.89. The lowest BCUT2D eigenvalue weighted by molar-refractivity contribution is -0.137. The molecule has 2 N–H and O–H groups in total. The van der Waals surface area contributed by atoms with Gasteiger partial charge in [-0.2, -0.15) is 0 Å². The molecule has 0 amide bonds. The number of rotatable bonds is 13. The number of unbranched alkanes of at least 4 members (excludes halogenated alkanes) is 1. The molecule has 2 unspecified atom stereocenters. The van der Waals surface area contributed by atoms with E-state index < -0.39 is 5.97 Å². The number of aliphatic hydroxyl groups excluding tert-OH is 1. The molecule has 1 rings (SSSR count). The molecule has 0 saturated heterocycles. The Morgan fingerprint density at radius 1 is 1.28 bits per heavy atom. The molecule has 0 aromatic heterocycles. The molecule has 0 bridgehead atoms. The molecule has 146 valence electrons. The number of carbonyl (C=O) groups is 1. The number of carboxylic acid groups (broad SMARTS) is 1. The second-order valence-electron chi connectivity index (χ2n) is 6.92. The van der Waals surface area contributed by atoms with Crippen LogP contribution in [0, 0.1) is 11.8 Å². The van der Waals surface area contributed by atoms with Gasteiger partial charge in [0, 0.05) is 31.8 Å². The maximum absolute atomic E-state index is 10.5. The minimum absolute atomic E-state index is 0.0668. The first-order valence-electron chi connectivity index (χ1n) is 9.29. The molecule has 0 heterocycles. The van der Waals surface area contributed by atoms with Crippen LogP contribution in [-0.4, -0.2) is 34.5 Å². The maximum Gasteiger partial charge on any atom is 0.303 e. The minimum Gasteiger partial charge on any atom is -0.481 e. The Morgan fingerprint density at radius 3 is 2.64 bits per heavy atom. The van der Waals surface area contributed by atoms with Crippen LogP contribution < -0.4 is 0 Å². The van der Waals surface area contributed by atoms with Gasteiger partial charge < -0.3 is 19.3 Å². The van der Waals surface area contributed by atoms with Crippen LogP contribution in [0.4, 0.5) is 0 Å². The summed E-state index contributed by atoms with van der Waals surface area (Å²) in [6.07, 6.45) is 11.3. The Labute approximate surface area is 156 Å². The summed E-state index contributed by atoms with van der Waals surface area (Å²) in [7, 11) is 4.72. The van der Waals surface area contributed by atoms with Crippen LogP contribution in [0.2, 0.25) is 0 Å². The minimum atomic E-state index is -0.752. The molecular weight excluding hydrogens is 358 g/mol. The van der Waals surface area contributed by atoms with Crippen LogP contribution in [0.15, 0.2) is 12.2 Å². The molecule has 0 aromatic carbocycles. The fourth-order valence-electron chi connectivity index (χ4n) is 3.76. The quantitative estimate of drug-likeness (QED) is 0.280. The van der Waals surface area contributed by atoms with Gasteiger partial charge in [-0.15, -0.1) is 0 Å². The highest BCUT2D eigenvalue weighted by Gasteiger charge is 2.41. The molecule has 1 aliphatic rings.